The highest BCUT2D eigenvalue weighted by Gasteiger charge is 2.07. The standard InChI is InChI=1S/C21H26N2O2/c1-17(2)12-14-23(15-13-21(22)24)19-8-10-20(11-9-19)25-16-18-6-4-3-5-7-18/h3-12H,13-16H2,1-2H3,(H2,22,24). The van der Waals surface area contributed by atoms with Crippen LogP contribution in [0.2, 0.25) is 0 Å². The van der Waals surface area contributed by atoms with Crippen molar-refractivity contribution < 1.29 is 9.53 Å². The Bertz CT molecular complexity index is 690. The Hall–Kier alpha value is -2.75. The lowest BCUT2D eigenvalue weighted by atomic mass is 10.2. The zero-order valence-corrected chi connectivity index (χ0v) is 14.9. The fourth-order valence-corrected chi connectivity index (χ4v) is 2.36. The van der Waals surface area contributed by atoms with Gasteiger partial charge in [-0.2, -0.15) is 0 Å². The molecule has 0 bridgehead atoms. The van der Waals surface area contributed by atoms with Gasteiger partial charge in [-0.3, -0.25) is 4.79 Å². The summed E-state index contributed by atoms with van der Waals surface area (Å²) in [6.07, 6.45) is 2.48. The van der Waals surface area contributed by atoms with Gasteiger partial charge in [0, 0.05) is 25.2 Å². The second-order valence-corrected chi connectivity index (χ2v) is 6.21. The highest BCUT2D eigenvalue weighted by molar-refractivity contribution is 5.74. The molecule has 0 aliphatic heterocycles. The van der Waals surface area contributed by atoms with E-state index in [0.717, 1.165) is 23.5 Å². The normalized spacial score (nSPS) is 10.2. The lowest BCUT2D eigenvalue weighted by Crippen LogP contribution is -2.28. The van der Waals surface area contributed by atoms with Gasteiger partial charge in [0.05, 0.1) is 0 Å². The first kappa shape index (κ1) is 18.6. The number of carbonyl (C=O) groups is 1. The van der Waals surface area contributed by atoms with E-state index in [0.29, 0.717) is 19.6 Å². The van der Waals surface area contributed by atoms with Crippen LogP contribution in [0.4, 0.5) is 5.69 Å². The van der Waals surface area contributed by atoms with Crippen molar-refractivity contribution in [3.8, 4) is 5.75 Å². The van der Waals surface area contributed by atoms with Gasteiger partial charge in [-0.15, -0.1) is 0 Å². The molecule has 2 rings (SSSR count). The van der Waals surface area contributed by atoms with E-state index in [1.165, 1.54) is 5.57 Å². The Morgan fingerprint density at radius 2 is 1.76 bits per heavy atom. The number of carbonyl (C=O) groups excluding carboxylic acids is 1. The molecule has 1 amide bonds. The molecule has 0 radical (unpaired) electrons. The first-order chi connectivity index (χ1) is 12.0. The summed E-state index contributed by atoms with van der Waals surface area (Å²) in [6.45, 7) is 6.02. The van der Waals surface area contributed by atoms with E-state index in [1.807, 2.05) is 54.6 Å². The van der Waals surface area contributed by atoms with Crippen molar-refractivity contribution in [1.82, 2.24) is 0 Å². The van der Waals surface area contributed by atoms with Gasteiger partial charge in [0.1, 0.15) is 12.4 Å². The predicted octanol–water partition coefficient (Wildman–Crippen LogP) is 3.91. The molecule has 0 saturated carbocycles. The lowest BCUT2D eigenvalue weighted by Gasteiger charge is -2.23. The number of amides is 1. The number of ether oxygens (including phenoxy) is 1. The zero-order chi connectivity index (χ0) is 18.1. The molecule has 2 aromatic carbocycles. The van der Waals surface area contributed by atoms with Crippen molar-refractivity contribution in [1.29, 1.82) is 0 Å². The minimum Gasteiger partial charge on any atom is -0.489 e. The van der Waals surface area contributed by atoms with Gasteiger partial charge in [0.15, 0.2) is 0 Å². The summed E-state index contributed by atoms with van der Waals surface area (Å²) >= 11 is 0. The van der Waals surface area contributed by atoms with Gasteiger partial charge in [-0.1, -0.05) is 42.0 Å². The molecule has 0 aliphatic rings. The van der Waals surface area contributed by atoms with E-state index in [2.05, 4.69) is 24.8 Å². The minimum atomic E-state index is -0.287. The Labute approximate surface area is 149 Å². The molecule has 4 heteroatoms. The average molecular weight is 338 g/mol. The second-order valence-electron chi connectivity index (χ2n) is 6.21. The predicted molar refractivity (Wildman–Crippen MR) is 103 cm³/mol. The molecule has 0 spiro atoms. The van der Waals surface area contributed by atoms with Crippen LogP contribution >= 0.6 is 0 Å². The SMILES string of the molecule is CC(C)=CCN(CCC(N)=O)c1ccc(OCc2ccccc2)cc1. The number of hydrogen-bond donors (Lipinski definition) is 1. The average Bonchev–Trinajstić information content (AvgIpc) is 2.61. The van der Waals surface area contributed by atoms with E-state index in [4.69, 9.17) is 10.5 Å². The van der Waals surface area contributed by atoms with Crippen LogP contribution in [0, 0.1) is 0 Å². The Kier molecular flexibility index (Phi) is 7.08. The number of rotatable bonds is 9. The number of hydrogen-bond acceptors (Lipinski definition) is 3. The first-order valence-corrected chi connectivity index (χ1v) is 8.48. The van der Waals surface area contributed by atoms with Crippen molar-refractivity contribution in [2.75, 3.05) is 18.0 Å². The van der Waals surface area contributed by atoms with E-state index in [9.17, 15) is 4.79 Å². The molecule has 2 aromatic rings. The summed E-state index contributed by atoms with van der Waals surface area (Å²) in [5.41, 5.74) is 8.72. The lowest BCUT2D eigenvalue weighted by molar-refractivity contribution is -0.117. The van der Waals surface area contributed by atoms with Crippen LogP contribution in [0.25, 0.3) is 0 Å². The maximum absolute atomic E-state index is 11.1. The Morgan fingerprint density at radius 1 is 1.08 bits per heavy atom. The second kappa shape index (κ2) is 9.52. The van der Waals surface area contributed by atoms with Gasteiger partial charge in [-0.25, -0.2) is 0 Å². The fraction of sp³-hybridized carbons (Fsp3) is 0.286. The number of benzene rings is 2. The van der Waals surface area contributed by atoms with Crippen LogP contribution in [0.1, 0.15) is 25.8 Å². The van der Waals surface area contributed by atoms with Gasteiger partial charge < -0.3 is 15.4 Å². The van der Waals surface area contributed by atoms with Crippen molar-refractivity contribution >= 4 is 11.6 Å². The molecule has 0 fully saturated rings. The monoisotopic (exact) mass is 338 g/mol. The van der Waals surface area contributed by atoms with E-state index in [-0.39, 0.29) is 5.91 Å². The molecule has 2 N–H and O–H groups in total. The molecular weight excluding hydrogens is 312 g/mol. The smallest absolute Gasteiger partial charge is 0.219 e. The molecule has 0 unspecified atom stereocenters. The summed E-state index contributed by atoms with van der Waals surface area (Å²) in [5, 5.41) is 0. The largest absolute Gasteiger partial charge is 0.489 e. The first-order valence-electron chi connectivity index (χ1n) is 8.48. The molecule has 25 heavy (non-hydrogen) atoms. The van der Waals surface area contributed by atoms with Crippen molar-refractivity contribution in [3.05, 3.63) is 71.8 Å². The summed E-state index contributed by atoms with van der Waals surface area (Å²) in [5.74, 6) is 0.537. The molecule has 4 nitrogen and oxygen atoms in total. The number of anilines is 1. The summed E-state index contributed by atoms with van der Waals surface area (Å²) < 4.78 is 5.82. The van der Waals surface area contributed by atoms with Crippen LogP contribution < -0.4 is 15.4 Å². The maximum Gasteiger partial charge on any atom is 0.219 e. The number of nitrogens with two attached hydrogens (primary N) is 1. The third-order valence-corrected chi connectivity index (χ3v) is 3.80. The summed E-state index contributed by atoms with van der Waals surface area (Å²) in [4.78, 5) is 13.2. The van der Waals surface area contributed by atoms with E-state index < -0.39 is 0 Å². The molecule has 0 saturated heterocycles. The van der Waals surface area contributed by atoms with Gasteiger partial charge in [0.25, 0.3) is 0 Å². The molecule has 0 aromatic heterocycles. The van der Waals surface area contributed by atoms with Crippen LogP contribution in [0.5, 0.6) is 5.75 Å². The van der Waals surface area contributed by atoms with Gasteiger partial charge in [-0.05, 0) is 43.7 Å². The molecule has 0 atom stereocenters. The fourth-order valence-electron chi connectivity index (χ4n) is 2.36. The van der Waals surface area contributed by atoms with Crippen LogP contribution in [-0.2, 0) is 11.4 Å². The van der Waals surface area contributed by atoms with Gasteiger partial charge >= 0.3 is 0 Å². The topological polar surface area (TPSA) is 55.6 Å². The van der Waals surface area contributed by atoms with Crippen molar-refractivity contribution in [2.45, 2.75) is 26.9 Å². The highest BCUT2D eigenvalue weighted by Crippen LogP contribution is 2.21. The van der Waals surface area contributed by atoms with Crippen LogP contribution in [-0.4, -0.2) is 19.0 Å². The maximum atomic E-state index is 11.1. The van der Waals surface area contributed by atoms with Crippen LogP contribution in [0.15, 0.2) is 66.2 Å². The number of primary amides is 1. The van der Waals surface area contributed by atoms with Gasteiger partial charge in [0.2, 0.25) is 5.91 Å². The minimum absolute atomic E-state index is 0.287. The van der Waals surface area contributed by atoms with E-state index >= 15 is 0 Å². The van der Waals surface area contributed by atoms with Crippen LogP contribution in [0.3, 0.4) is 0 Å². The van der Waals surface area contributed by atoms with Crippen molar-refractivity contribution in [3.63, 3.8) is 0 Å². The van der Waals surface area contributed by atoms with E-state index in [1.54, 1.807) is 0 Å². The van der Waals surface area contributed by atoms with Crippen molar-refractivity contribution in [2.24, 2.45) is 5.73 Å². The highest BCUT2D eigenvalue weighted by atomic mass is 16.5. The number of allylic oxidation sites excluding steroid dienone is 1. The Balaban J connectivity index is 2.00. The third-order valence-electron chi connectivity index (χ3n) is 3.80. The summed E-state index contributed by atoms with van der Waals surface area (Å²) in [7, 11) is 0. The molecule has 132 valence electrons. The number of nitrogens with zero attached hydrogens (tertiary/aromatic N) is 1. The molecule has 0 aliphatic carbocycles. The Morgan fingerprint density at radius 3 is 2.36 bits per heavy atom. The molecular formula is C21H26N2O2. The summed E-state index contributed by atoms with van der Waals surface area (Å²) in [6, 6.07) is 18.0. The third kappa shape index (κ3) is 6.71. The zero-order valence-electron chi connectivity index (χ0n) is 14.9. The molecule has 0 heterocycles. The quantitative estimate of drug-likeness (QED) is 0.705.